The summed E-state index contributed by atoms with van der Waals surface area (Å²) >= 11 is 0. The first-order valence-corrected chi connectivity index (χ1v) is 13.1. The third-order valence-corrected chi connectivity index (χ3v) is 8.09. The zero-order valence-electron chi connectivity index (χ0n) is 22.3. The predicted molar refractivity (Wildman–Crippen MR) is 139 cm³/mol. The monoisotopic (exact) mass is 716 g/mol. The highest BCUT2D eigenvalue weighted by Gasteiger charge is 2.32. The third-order valence-electron chi connectivity index (χ3n) is 8.09. The maximum atomic E-state index is 12.9. The van der Waals surface area contributed by atoms with E-state index in [1.165, 1.54) is 25.7 Å². The van der Waals surface area contributed by atoms with Crippen LogP contribution < -0.4 is 48.0 Å². The van der Waals surface area contributed by atoms with Gasteiger partial charge in [0.05, 0.1) is 40.3 Å². The molecule has 4 rings (SSSR count). The summed E-state index contributed by atoms with van der Waals surface area (Å²) in [5, 5.41) is 0. The van der Waals surface area contributed by atoms with Crippen LogP contribution >= 0.6 is 0 Å². The Labute approximate surface area is 252 Å². The van der Waals surface area contributed by atoms with Crippen LogP contribution in [0, 0.1) is 11.8 Å². The first kappa shape index (κ1) is 31.4. The van der Waals surface area contributed by atoms with Crippen molar-refractivity contribution in [1.29, 1.82) is 0 Å². The van der Waals surface area contributed by atoms with E-state index in [0.29, 0.717) is 24.9 Å². The van der Waals surface area contributed by atoms with Crippen LogP contribution in [0.5, 0.6) is 0 Å². The minimum Gasteiger partial charge on any atom is -1.00 e. The van der Waals surface area contributed by atoms with Crippen molar-refractivity contribution >= 4 is 11.6 Å². The molecule has 198 valence electrons. The lowest BCUT2D eigenvalue weighted by Crippen LogP contribution is -3.00. The molecule has 6 heteroatoms. The lowest BCUT2D eigenvalue weighted by atomic mass is 9.96. The van der Waals surface area contributed by atoms with Crippen molar-refractivity contribution in [3.63, 3.8) is 0 Å². The molecule has 4 unspecified atom stereocenters. The average Bonchev–Trinajstić information content (AvgIpc) is 2.78. The number of piperidine rings is 2. The maximum Gasteiger partial charge on any atom is 0.216 e. The summed E-state index contributed by atoms with van der Waals surface area (Å²) < 4.78 is 1.71. The van der Waals surface area contributed by atoms with Gasteiger partial charge >= 0.3 is 0 Å². The smallest absolute Gasteiger partial charge is 0.216 e. The number of likely N-dealkylation sites (tertiary alicyclic amines) is 2. The molecular weight excluding hydrogens is 674 g/mol. The van der Waals surface area contributed by atoms with Crippen molar-refractivity contribution in [2.45, 2.75) is 39.5 Å². The molecule has 0 radical (unpaired) electrons. The summed E-state index contributed by atoms with van der Waals surface area (Å²) in [5.41, 5.74) is 3.74. The van der Waals surface area contributed by atoms with Crippen LogP contribution in [0.2, 0.25) is 0 Å². The Morgan fingerprint density at radius 1 is 0.667 bits per heavy atom. The van der Waals surface area contributed by atoms with Gasteiger partial charge in [-0.2, -0.15) is 0 Å². The largest absolute Gasteiger partial charge is 1.00 e. The molecule has 0 aliphatic carbocycles. The molecule has 0 saturated carbocycles. The van der Waals surface area contributed by atoms with Crippen LogP contribution in [0.1, 0.15) is 60.2 Å². The fourth-order valence-corrected chi connectivity index (χ4v) is 6.37. The Balaban J connectivity index is 0.00000228. The molecule has 2 aliphatic rings. The highest BCUT2D eigenvalue weighted by molar-refractivity contribution is 5.98. The molecule has 0 amide bonds. The van der Waals surface area contributed by atoms with Crippen LogP contribution in [0.3, 0.4) is 0 Å². The summed E-state index contributed by atoms with van der Waals surface area (Å²) in [6.45, 7) is 10.1. The fraction of sp³-hybridized carbons (Fsp3) is 0.533. The molecular formula is C30H42I2N2O2. The van der Waals surface area contributed by atoms with Crippen molar-refractivity contribution < 1.29 is 66.5 Å². The lowest BCUT2D eigenvalue weighted by Gasteiger charge is -2.40. The number of hydrogen-bond donors (Lipinski definition) is 0. The van der Waals surface area contributed by atoms with Crippen molar-refractivity contribution in [2.24, 2.45) is 11.8 Å². The number of halogens is 2. The molecule has 0 bridgehead atoms. The van der Waals surface area contributed by atoms with E-state index in [2.05, 4.69) is 27.9 Å². The first-order chi connectivity index (χ1) is 16.1. The van der Waals surface area contributed by atoms with Gasteiger partial charge in [0.25, 0.3) is 0 Å². The molecule has 2 aromatic rings. The van der Waals surface area contributed by atoms with E-state index in [4.69, 9.17) is 0 Å². The van der Waals surface area contributed by atoms with E-state index in [1.54, 1.807) is 0 Å². The standard InChI is InChI=1S/C30H42N2O2.2HI/c1-23-7-5-17-31(3,19-23)21-29(33)27-13-9-25(10-14-27)26-11-15-28(16-12-26)30(34)22-32(4)18-6-8-24(2)20-32;;/h9-16,23-24H,5-8,17-22H2,1-4H3;2*1H/q+2;;/p-2. The second kappa shape index (κ2) is 13.3. The molecule has 4 nitrogen and oxygen atoms in total. The molecule has 36 heavy (non-hydrogen) atoms. The highest BCUT2D eigenvalue weighted by Crippen LogP contribution is 2.25. The van der Waals surface area contributed by atoms with Gasteiger partial charge in [-0.15, -0.1) is 0 Å². The Hall–Kier alpha value is -0.840. The Kier molecular flexibility index (Phi) is 11.6. The molecule has 0 aromatic heterocycles. The SMILES string of the molecule is CC1CCC[N+](C)(CC(=O)c2ccc(-c3ccc(C(=O)C[N+]4(C)CCCC(C)C4)cc3)cc2)C1.[I-].[I-]. The number of nitrogens with zero attached hydrogens (tertiary/aromatic N) is 2. The lowest BCUT2D eigenvalue weighted by molar-refractivity contribution is -0.909. The molecule has 2 heterocycles. The van der Waals surface area contributed by atoms with Gasteiger partial charge in [0.2, 0.25) is 11.6 Å². The molecule has 4 atom stereocenters. The quantitative estimate of drug-likeness (QED) is 0.220. The molecule has 2 fully saturated rings. The van der Waals surface area contributed by atoms with Crippen molar-refractivity contribution in [3.8, 4) is 11.1 Å². The number of rotatable bonds is 7. The number of hydrogen-bond acceptors (Lipinski definition) is 2. The van der Waals surface area contributed by atoms with Crippen molar-refractivity contribution in [3.05, 3.63) is 59.7 Å². The predicted octanol–water partition coefficient (Wildman–Crippen LogP) is -0.520. The minimum atomic E-state index is 0. The van der Waals surface area contributed by atoms with Gasteiger partial charge in [0, 0.05) is 23.0 Å². The van der Waals surface area contributed by atoms with Crippen molar-refractivity contribution in [2.75, 3.05) is 53.4 Å². The van der Waals surface area contributed by atoms with Gasteiger partial charge in [0.1, 0.15) is 13.1 Å². The Morgan fingerprint density at radius 2 is 1.00 bits per heavy atom. The van der Waals surface area contributed by atoms with Crippen LogP contribution in [-0.4, -0.2) is 73.9 Å². The average molecular weight is 716 g/mol. The number of benzene rings is 2. The van der Waals surface area contributed by atoms with Gasteiger partial charge in [-0.25, -0.2) is 0 Å². The van der Waals surface area contributed by atoms with Crippen LogP contribution in [0.4, 0.5) is 0 Å². The van der Waals surface area contributed by atoms with Crippen LogP contribution in [0.25, 0.3) is 11.1 Å². The Bertz CT molecular complexity index is 941. The van der Waals surface area contributed by atoms with E-state index >= 15 is 0 Å². The van der Waals surface area contributed by atoms with Gasteiger partial charge in [-0.05, 0) is 36.8 Å². The number of carbonyl (C=O) groups excluding carboxylic acids is 2. The zero-order chi connectivity index (χ0) is 24.3. The topological polar surface area (TPSA) is 34.1 Å². The van der Waals surface area contributed by atoms with Crippen LogP contribution in [-0.2, 0) is 0 Å². The fourth-order valence-electron chi connectivity index (χ4n) is 6.37. The highest BCUT2D eigenvalue weighted by atomic mass is 127. The number of likely N-dealkylation sites (N-methyl/N-ethyl adjacent to an activating group) is 2. The summed E-state index contributed by atoms with van der Waals surface area (Å²) in [4.78, 5) is 25.9. The zero-order valence-corrected chi connectivity index (χ0v) is 26.6. The first-order valence-electron chi connectivity index (χ1n) is 13.1. The van der Waals surface area contributed by atoms with Crippen LogP contribution in [0.15, 0.2) is 48.5 Å². The normalized spacial score (nSPS) is 27.9. The second-order valence-electron chi connectivity index (χ2n) is 11.9. The summed E-state index contributed by atoms with van der Waals surface area (Å²) in [5.74, 6) is 1.84. The second-order valence-corrected chi connectivity index (χ2v) is 11.9. The Morgan fingerprint density at radius 3 is 1.31 bits per heavy atom. The van der Waals surface area contributed by atoms with Crippen molar-refractivity contribution in [1.82, 2.24) is 0 Å². The van der Waals surface area contributed by atoms with E-state index in [0.717, 1.165) is 57.4 Å². The van der Waals surface area contributed by atoms with E-state index in [1.807, 2.05) is 48.5 Å². The van der Waals surface area contributed by atoms with Gasteiger partial charge < -0.3 is 56.9 Å². The van der Waals surface area contributed by atoms with E-state index < -0.39 is 0 Å². The third kappa shape index (κ3) is 8.08. The van der Waals surface area contributed by atoms with E-state index in [-0.39, 0.29) is 59.5 Å². The summed E-state index contributed by atoms with van der Waals surface area (Å²) in [6.07, 6.45) is 4.97. The number of carbonyl (C=O) groups is 2. The summed E-state index contributed by atoms with van der Waals surface area (Å²) in [7, 11) is 4.44. The molecule has 0 N–H and O–H groups in total. The number of quaternary nitrogens is 2. The maximum absolute atomic E-state index is 12.9. The number of Topliss-reactive ketones (excluding diaryl/α,β-unsaturated/α-hetero) is 2. The van der Waals surface area contributed by atoms with E-state index in [9.17, 15) is 9.59 Å². The van der Waals surface area contributed by atoms with Gasteiger partial charge in [0.15, 0.2) is 0 Å². The molecule has 2 aromatic carbocycles. The molecule has 2 saturated heterocycles. The minimum absolute atomic E-state index is 0. The molecule has 2 aliphatic heterocycles. The summed E-state index contributed by atoms with van der Waals surface area (Å²) in [6, 6.07) is 16.0. The molecule has 0 spiro atoms. The van der Waals surface area contributed by atoms with Gasteiger partial charge in [-0.3, -0.25) is 9.59 Å². The number of ketones is 2. The van der Waals surface area contributed by atoms with Gasteiger partial charge in [-0.1, -0.05) is 62.4 Å².